The molecule has 1 aliphatic rings. The van der Waals surface area contributed by atoms with Crippen molar-refractivity contribution >= 4 is 12.6 Å². The van der Waals surface area contributed by atoms with Crippen LogP contribution in [0.4, 0.5) is 0 Å². The average Bonchev–Trinajstić information content (AvgIpc) is 2.96. The number of aryl methyl sites for hydroxylation is 1. The molecule has 7 heteroatoms. The minimum Gasteiger partial charge on any atom is -0.404 e. The number of hydrogen-bond donors (Lipinski definition) is 0. The average molecular weight is 258 g/mol. The number of rotatable bonds is 2. The van der Waals surface area contributed by atoms with Crippen LogP contribution in [0.1, 0.15) is 13.8 Å². The van der Waals surface area contributed by atoms with E-state index < -0.39 is 0 Å². The molecule has 0 radical (unpaired) electrons. The molecular formula is C12H15BN4O2. The predicted octanol–water partition coefficient (Wildman–Crippen LogP) is 0.398. The number of nitrogens with zero attached hydrogens (tertiary/aromatic N) is 4. The van der Waals surface area contributed by atoms with Crippen molar-refractivity contribution in [3.05, 3.63) is 24.3 Å². The Hall–Kier alpha value is -1.73. The zero-order valence-electron chi connectivity index (χ0n) is 11.2. The molecule has 1 saturated heterocycles. The first-order chi connectivity index (χ1) is 9.03. The van der Waals surface area contributed by atoms with Crippen LogP contribution in [-0.2, 0) is 16.4 Å². The summed E-state index contributed by atoms with van der Waals surface area (Å²) in [7, 11) is 1.41. The molecular weight excluding hydrogens is 243 g/mol. The highest BCUT2D eigenvalue weighted by molar-refractivity contribution is 6.62. The molecule has 0 N–H and O–H groups in total. The number of tetrazole rings is 1. The summed E-state index contributed by atoms with van der Waals surface area (Å²) in [5.74, 6) is 0.599. The van der Waals surface area contributed by atoms with Gasteiger partial charge in [-0.1, -0.05) is 24.3 Å². The Labute approximate surface area is 111 Å². The Morgan fingerprint density at radius 2 is 2.21 bits per heavy atom. The maximum absolute atomic E-state index is 5.85. The maximum Gasteiger partial charge on any atom is 0.494 e. The van der Waals surface area contributed by atoms with Gasteiger partial charge in [-0.15, -0.1) is 10.2 Å². The lowest BCUT2D eigenvalue weighted by atomic mass is 9.78. The van der Waals surface area contributed by atoms with Gasteiger partial charge in [0.15, 0.2) is 0 Å². The van der Waals surface area contributed by atoms with E-state index in [4.69, 9.17) is 9.31 Å². The Kier molecular flexibility index (Phi) is 2.87. The maximum atomic E-state index is 5.85. The van der Waals surface area contributed by atoms with Gasteiger partial charge in [0, 0.05) is 5.56 Å². The molecule has 2 heterocycles. The topological polar surface area (TPSA) is 62.1 Å². The highest BCUT2D eigenvalue weighted by Gasteiger charge is 2.38. The van der Waals surface area contributed by atoms with E-state index >= 15 is 0 Å². The molecule has 98 valence electrons. The zero-order valence-corrected chi connectivity index (χ0v) is 11.2. The Balaban J connectivity index is 1.88. The van der Waals surface area contributed by atoms with Crippen molar-refractivity contribution in [2.45, 2.75) is 19.4 Å². The van der Waals surface area contributed by atoms with Crippen molar-refractivity contribution in [3.8, 4) is 11.4 Å². The number of aromatic nitrogens is 4. The van der Waals surface area contributed by atoms with E-state index in [1.54, 1.807) is 7.05 Å². The van der Waals surface area contributed by atoms with E-state index in [-0.39, 0.29) is 12.7 Å². The molecule has 3 rings (SSSR count). The molecule has 0 amide bonds. The van der Waals surface area contributed by atoms with Crippen molar-refractivity contribution in [2.24, 2.45) is 7.05 Å². The SMILES string of the molecule is Cn1nnc(-c2cccc(B3OCC(C)(C)O3)c2)n1. The van der Waals surface area contributed by atoms with Crippen LogP contribution in [0.2, 0.25) is 0 Å². The molecule has 1 fully saturated rings. The van der Waals surface area contributed by atoms with E-state index in [0.717, 1.165) is 11.0 Å². The van der Waals surface area contributed by atoms with Gasteiger partial charge in [-0.05, 0) is 24.5 Å². The molecule has 0 saturated carbocycles. The van der Waals surface area contributed by atoms with Crippen molar-refractivity contribution in [3.63, 3.8) is 0 Å². The van der Waals surface area contributed by atoms with Crippen molar-refractivity contribution < 1.29 is 9.31 Å². The molecule has 0 aliphatic carbocycles. The molecule has 0 bridgehead atoms. The zero-order chi connectivity index (χ0) is 13.5. The third-order valence-electron chi connectivity index (χ3n) is 2.93. The van der Waals surface area contributed by atoms with Crippen LogP contribution < -0.4 is 5.46 Å². The summed E-state index contributed by atoms with van der Waals surface area (Å²) in [6, 6.07) is 7.84. The second kappa shape index (κ2) is 4.43. The highest BCUT2D eigenvalue weighted by Crippen LogP contribution is 2.20. The van der Waals surface area contributed by atoms with Crippen molar-refractivity contribution in [2.75, 3.05) is 6.61 Å². The summed E-state index contributed by atoms with van der Waals surface area (Å²) < 4.78 is 11.5. The van der Waals surface area contributed by atoms with Gasteiger partial charge in [0.1, 0.15) is 0 Å². The van der Waals surface area contributed by atoms with Gasteiger partial charge >= 0.3 is 7.12 Å². The number of hydrogen-bond acceptors (Lipinski definition) is 5. The first-order valence-corrected chi connectivity index (χ1v) is 6.17. The van der Waals surface area contributed by atoms with Gasteiger partial charge in [0.25, 0.3) is 0 Å². The second-order valence-electron chi connectivity index (χ2n) is 5.25. The van der Waals surface area contributed by atoms with Gasteiger partial charge in [-0.2, -0.15) is 4.80 Å². The summed E-state index contributed by atoms with van der Waals surface area (Å²) in [4.78, 5) is 1.44. The molecule has 2 aromatic rings. The Morgan fingerprint density at radius 1 is 1.37 bits per heavy atom. The summed E-state index contributed by atoms with van der Waals surface area (Å²) in [5, 5.41) is 12.0. The first kappa shape index (κ1) is 12.3. The van der Waals surface area contributed by atoms with Crippen LogP contribution in [0, 0.1) is 0 Å². The van der Waals surface area contributed by atoms with E-state index in [0.29, 0.717) is 12.4 Å². The van der Waals surface area contributed by atoms with Gasteiger partial charge in [-0.25, -0.2) is 0 Å². The van der Waals surface area contributed by atoms with Crippen LogP contribution in [0.3, 0.4) is 0 Å². The molecule has 1 aliphatic heterocycles. The summed E-state index contributed by atoms with van der Waals surface area (Å²) in [5.41, 5.74) is 1.63. The fourth-order valence-electron chi connectivity index (χ4n) is 2.02. The van der Waals surface area contributed by atoms with E-state index in [1.807, 2.05) is 38.1 Å². The molecule has 0 unspecified atom stereocenters. The third kappa shape index (κ3) is 2.52. The van der Waals surface area contributed by atoms with Gasteiger partial charge in [0.05, 0.1) is 19.3 Å². The smallest absolute Gasteiger partial charge is 0.404 e. The molecule has 19 heavy (non-hydrogen) atoms. The normalized spacial score (nSPS) is 17.9. The van der Waals surface area contributed by atoms with Gasteiger partial charge in [0.2, 0.25) is 5.82 Å². The Morgan fingerprint density at radius 3 is 2.84 bits per heavy atom. The lowest BCUT2D eigenvalue weighted by Crippen LogP contribution is -2.34. The lowest BCUT2D eigenvalue weighted by molar-refractivity contribution is 0.137. The molecule has 1 aromatic heterocycles. The van der Waals surface area contributed by atoms with Crippen LogP contribution in [0.25, 0.3) is 11.4 Å². The number of benzene rings is 1. The van der Waals surface area contributed by atoms with Gasteiger partial charge in [-0.3, -0.25) is 0 Å². The molecule has 0 atom stereocenters. The Bertz CT molecular complexity index is 599. The van der Waals surface area contributed by atoms with Crippen molar-refractivity contribution in [1.29, 1.82) is 0 Å². The fraction of sp³-hybridized carbons (Fsp3) is 0.417. The van der Waals surface area contributed by atoms with Gasteiger partial charge < -0.3 is 9.31 Å². The third-order valence-corrected chi connectivity index (χ3v) is 2.93. The summed E-state index contributed by atoms with van der Waals surface area (Å²) in [6.45, 7) is 4.62. The highest BCUT2D eigenvalue weighted by atomic mass is 16.7. The van der Waals surface area contributed by atoms with E-state index in [1.165, 1.54) is 4.80 Å². The van der Waals surface area contributed by atoms with Crippen LogP contribution >= 0.6 is 0 Å². The minimum absolute atomic E-state index is 0.245. The van der Waals surface area contributed by atoms with E-state index in [2.05, 4.69) is 15.4 Å². The summed E-state index contributed by atoms with van der Waals surface area (Å²) in [6.07, 6.45) is 0. The summed E-state index contributed by atoms with van der Waals surface area (Å²) >= 11 is 0. The molecule has 0 spiro atoms. The minimum atomic E-state index is -0.327. The second-order valence-corrected chi connectivity index (χ2v) is 5.25. The van der Waals surface area contributed by atoms with Crippen LogP contribution in [-0.4, -0.2) is 39.5 Å². The van der Waals surface area contributed by atoms with Crippen LogP contribution in [0.5, 0.6) is 0 Å². The lowest BCUT2D eigenvalue weighted by Gasteiger charge is -2.15. The monoisotopic (exact) mass is 258 g/mol. The fourth-order valence-corrected chi connectivity index (χ4v) is 2.02. The molecule has 6 nitrogen and oxygen atoms in total. The predicted molar refractivity (Wildman–Crippen MR) is 70.7 cm³/mol. The largest absolute Gasteiger partial charge is 0.494 e. The van der Waals surface area contributed by atoms with Crippen LogP contribution in [0.15, 0.2) is 24.3 Å². The van der Waals surface area contributed by atoms with Crippen molar-refractivity contribution in [1.82, 2.24) is 20.2 Å². The standard InChI is InChI=1S/C12H15BN4O2/c1-12(2)8-18-13(19-12)10-6-4-5-9(7-10)11-14-16-17(3)15-11/h4-7H,8H2,1-3H3. The first-order valence-electron chi connectivity index (χ1n) is 6.17. The van der Waals surface area contributed by atoms with E-state index in [9.17, 15) is 0 Å². The molecule has 1 aromatic carbocycles. The quantitative estimate of drug-likeness (QED) is 0.729.